The lowest BCUT2D eigenvalue weighted by Crippen LogP contribution is -2.40. The van der Waals surface area contributed by atoms with Gasteiger partial charge in [0.2, 0.25) is 15.9 Å². The minimum atomic E-state index is -3.59. The molecule has 1 amide bonds. The fraction of sp³-hybridized carbons (Fsp3) is 0.435. The van der Waals surface area contributed by atoms with E-state index in [0.717, 1.165) is 42.6 Å². The smallest absolute Gasteiger partial charge is 0.241 e. The molecule has 0 aliphatic carbocycles. The monoisotopic (exact) mass is 429 g/mol. The molecule has 2 aromatic carbocycles. The van der Waals surface area contributed by atoms with E-state index in [1.807, 2.05) is 44.2 Å². The van der Waals surface area contributed by atoms with E-state index in [-0.39, 0.29) is 12.5 Å². The second-order valence-electron chi connectivity index (χ2n) is 8.09. The maximum Gasteiger partial charge on any atom is 0.241 e. The Labute approximate surface area is 179 Å². The van der Waals surface area contributed by atoms with Gasteiger partial charge < -0.3 is 5.32 Å². The van der Waals surface area contributed by atoms with Crippen LogP contribution in [0.4, 0.5) is 5.69 Å². The summed E-state index contributed by atoms with van der Waals surface area (Å²) in [7, 11) is -3.59. The molecule has 1 aliphatic rings. The lowest BCUT2D eigenvalue weighted by molar-refractivity contribution is -0.119. The van der Waals surface area contributed by atoms with Gasteiger partial charge in [-0.2, -0.15) is 0 Å². The van der Waals surface area contributed by atoms with Crippen LogP contribution in [0.15, 0.2) is 42.5 Å². The van der Waals surface area contributed by atoms with Crippen molar-refractivity contribution < 1.29 is 13.2 Å². The molecule has 6 nitrogen and oxygen atoms in total. The molecule has 1 heterocycles. The van der Waals surface area contributed by atoms with Gasteiger partial charge in [-0.25, -0.2) is 8.42 Å². The van der Waals surface area contributed by atoms with Gasteiger partial charge >= 0.3 is 0 Å². The van der Waals surface area contributed by atoms with Crippen molar-refractivity contribution in [1.29, 1.82) is 0 Å². The quantitative estimate of drug-likeness (QED) is 0.700. The minimum Gasteiger partial charge on any atom is -0.350 e. The second kappa shape index (κ2) is 9.62. The molecule has 0 radical (unpaired) electrons. The molecule has 1 saturated heterocycles. The van der Waals surface area contributed by atoms with Crippen LogP contribution in [0.2, 0.25) is 0 Å². The zero-order valence-electron chi connectivity index (χ0n) is 18.0. The number of amides is 1. The number of nitrogens with one attached hydrogen (secondary N) is 1. The zero-order chi connectivity index (χ0) is 21.7. The van der Waals surface area contributed by atoms with Crippen molar-refractivity contribution >= 4 is 21.6 Å². The molecule has 162 valence electrons. The number of benzene rings is 2. The van der Waals surface area contributed by atoms with Crippen LogP contribution >= 0.6 is 0 Å². The third kappa shape index (κ3) is 5.83. The molecule has 0 bridgehead atoms. The van der Waals surface area contributed by atoms with E-state index < -0.39 is 10.0 Å². The van der Waals surface area contributed by atoms with Crippen molar-refractivity contribution in [3.63, 3.8) is 0 Å². The maximum absolute atomic E-state index is 12.5. The Hall–Kier alpha value is -2.38. The van der Waals surface area contributed by atoms with Crippen molar-refractivity contribution in [2.24, 2.45) is 0 Å². The van der Waals surface area contributed by atoms with Gasteiger partial charge in [-0.3, -0.25) is 14.0 Å². The van der Waals surface area contributed by atoms with Crippen molar-refractivity contribution in [1.82, 2.24) is 10.2 Å². The number of para-hydroxylation sites is 1. The summed E-state index contributed by atoms with van der Waals surface area (Å²) in [5.41, 5.74) is 4.47. The Morgan fingerprint density at radius 2 is 1.57 bits per heavy atom. The van der Waals surface area contributed by atoms with Crippen LogP contribution < -0.4 is 9.62 Å². The fourth-order valence-corrected chi connectivity index (χ4v) is 4.88. The predicted molar refractivity (Wildman–Crippen MR) is 121 cm³/mol. The number of hydrogen-bond acceptors (Lipinski definition) is 4. The number of aryl methyl sites for hydroxylation is 2. The molecule has 3 rings (SSSR count). The van der Waals surface area contributed by atoms with E-state index >= 15 is 0 Å². The molecular weight excluding hydrogens is 398 g/mol. The van der Waals surface area contributed by atoms with Crippen LogP contribution in [-0.4, -0.2) is 45.1 Å². The molecular formula is C23H31N3O3S. The van der Waals surface area contributed by atoms with Crippen LogP contribution in [0, 0.1) is 13.8 Å². The van der Waals surface area contributed by atoms with Crippen molar-refractivity contribution in [2.75, 3.05) is 30.2 Å². The maximum atomic E-state index is 12.5. The van der Waals surface area contributed by atoms with Crippen LogP contribution in [0.1, 0.15) is 35.1 Å². The van der Waals surface area contributed by atoms with Crippen LogP contribution in [0.25, 0.3) is 0 Å². The Bertz CT molecular complexity index is 961. The standard InChI is InChI=1S/C23H31N3O3S/c1-18-7-6-8-19(2)23(18)26(30(3,28)29)17-22(27)24-15-20-9-11-21(12-10-20)16-25-13-4-5-14-25/h6-12H,4-5,13-17H2,1-3H3,(H,24,27). The van der Waals surface area contributed by atoms with E-state index in [0.29, 0.717) is 12.2 Å². The molecule has 1 fully saturated rings. The molecule has 0 spiro atoms. The number of likely N-dealkylation sites (tertiary alicyclic amines) is 1. The van der Waals surface area contributed by atoms with Gasteiger partial charge in [0.1, 0.15) is 6.54 Å². The van der Waals surface area contributed by atoms with Gasteiger partial charge in [0.05, 0.1) is 11.9 Å². The van der Waals surface area contributed by atoms with Gasteiger partial charge in [-0.05, 0) is 62.0 Å². The van der Waals surface area contributed by atoms with Gasteiger partial charge in [0.25, 0.3) is 0 Å². The van der Waals surface area contributed by atoms with E-state index in [1.165, 1.54) is 22.7 Å². The van der Waals surface area contributed by atoms with E-state index in [2.05, 4.69) is 22.3 Å². The SMILES string of the molecule is Cc1cccc(C)c1N(CC(=O)NCc1ccc(CN2CCCC2)cc1)S(C)(=O)=O. The summed E-state index contributed by atoms with van der Waals surface area (Å²) in [5.74, 6) is -0.329. The molecule has 1 aliphatic heterocycles. The van der Waals surface area contributed by atoms with Crippen LogP contribution in [-0.2, 0) is 27.9 Å². The topological polar surface area (TPSA) is 69.7 Å². The lowest BCUT2D eigenvalue weighted by Gasteiger charge is -2.25. The largest absolute Gasteiger partial charge is 0.350 e. The lowest BCUT2D eigenvalue weighted by atomic mass is 10.1. The molecule has 0 unspecified atom stereocenters. The first-order chi connectivity index (χ1) is 14.2. The highest BCUT2D eigenvalue weighted by atomic mass is 32.2. The number of anilines is 1. The van der Waals surface area contributed by atoms with Crippen LogP contribution in [0.5, 0.6) is 0 Å². The van der Waals surface area contributed by atoms with E-state index in [1.54, 1.807) is 0 Å². The number of carbonyl (C=O) groups excluding carboxylic acids is 1. The van der Waals surface area contributed by atoms with Gasteiger partial charge in [0.15, 0.2) is 0 Å². The molecule has 0 atom stereocenters. The molecule has 2 aromatic rings. The average Bonchev–Trinajstić information content (AvgIpc) is 3.19. The van der Waals surface area contributed by atoms with Crippen molar-refractivity contribution in [3.05, 3.63) is 64.7 Å². The minimum absolute atomic E-state index is 0.239. The van der Waals surface area contributed by atoms with Crippen molar-refractivity contribution in [2.45, 2.75) is 39.8 Å². The summed E-state index contributed by atoms with van der Waals surface area (Å²) in [6.45, 7) is 7.12. The molecule has 7 heteroatoms. The predicted octanol–water partition coefficient (Wildman–Crippen LogP) is 2.98. The number of carbonyl (C=O) groups is 1. The highest BCUT2D eigenvalue weighted by molar-refractivity contribution is 7.92. The summed E-state index contributed by atoms with van der Waals surface area (Å²) >= 11 is 0. The fourth-order valence-electron chi connectivity index (χ4n) is 3.91. The first kappa shape index (κ1) is 22.3. The normalized spacial score (nSPS) is 14.6. The summed E-state index contributed by atoms with van der Waals surface area (Å²) in [5, 5.41) is 2.85. The Morgan fingerprint density at radius 1 is 1.00 bits per heavy atom. The molecule has 1 N–H and O–H groups in total. The summed E-state index contributed by atoms with van der Waals surface area (Å²) in [4.78, 5) is 15.0. The second-order valence-corrected chi connectivity index (χ2v) is 9.99. The molecule has 30 heavy (non-hydrogen) atoms. The highest BCUT2D eigenvalue weighted by Crippen LogP contribution is 2.26. The van der Waals surface area contributed by atoms with Gasteiger partial charge in [-0.1, -0.05) is 42.5 Å². The molecule has 0 aromatic heterocycles. The van der Waals surface area contributed by atoms with Gasteiger partial charge in [-0.15, -0.1) is 0 Å². The third-order valence-corrected chi connectivity index (χ3v) is 6.61. The average molecular weight is 430 g/mol. The first-order valence-electron chi connectivity index (χ1n) is 10.3. The summed E-state index contributed by atoms with van der Waals surface area (Å²) < 4.78 is 25.9. The van der Waals surface area contributed by atoms with E-state index in [9.17, 15) is 13.2 Å². The van der Waals surface area contributed by atoms with Crippen LogP contribution in [0.3, 0.4) is 0 Å². The number of nitrogens with zero attached hydrogens (tertiary/aromatic N) is 2. The highest BCUT2D eigenvalue weighted by Gasteiger charge is 2.23. The Morgan fingerprint density at radius 3 is 2.13 bits per heavy atom. The number of hydrogen-bond donors (Lipinski definition) is 1. The Balaban J connectivity index is 1.60. The Kier molecular flexibility index (Phi) is 7.15. The van der Waals surface area contributed by atoms with E-state index in [4.69, 9.17) is 0 Å². The first-order valence-corrected chi connectivity index (χ1v) is 12.2. The molecule has 0 saturated carbocycles. The summed E-state index contributed by atoms with van der Waals surface area (Å²) in [6, 6.07) is 13.8. The number of rotatable bonds is 8. The number of sulfonamides is 1. The third-order valence-electron chi connectivity index (χ3n) is 5.49. The summed E-state index contributed by atoms with van der Waals surface area (Å²) in [6.07, 6.45) is 3.68. The van der Waals surface area contributed by atoms with Crippen molar-refractivity contribution in [3.8, 4) is 0 Å². The zero-order valence-corrected chi connectivity index (χ0v) is 18.8. The van der Waals surface area contributed by atoms with Gasteiger partial charge in [0, 0.05) is 13.1 Å².